The maximum absolute atomic E-state index is 10.9. The lowest BCUT2D eigenvalue weighted by Crippen LogP contribution is -1.90. The van der Waals surface area contributed by atoms with Crippen molar-refractivity contribution in [2.24, 2.45) is 0 Å². The first kappa shape index (κ1) is 14.1. The van der Waals surface area contributed by atoms with Gasteiger partial charge in [0.1, 0.15) is 5.02 Å². The Morgan fingerprint density at radius 2 is 1.86 bits per heavy atom. The Morgan fingerprint density at radius 3 is 2.57 bits per heavy atom. The number of fused-ring (bicyclic) bond motifs is 1. The summed E-state index contributed by atoms with van der Waals surface area (Å²) in [4.78, 5) is 14.8. The third kappa shape index (κ3) is 2.55. The normalized spacial score (nSPS) is 11.0. The quantitative estimate of drug-likeness (QED) is 0.493. The molecule has 0 amide bonds. The third-order valence-electron chi connectivity index (χ3n) is 2.91. The summed E-state index contributed by atoms with van der Waals surface area (Å²) < 4.78 is 1.67. The zero-order valence-corrected chi connectivity index (χ0v) is 12.5. The number of hydrogen-bond donors (Lipinski definition) is 0. The van der Waals surface area contributed by atoms with Gasteiger partial charge in [-0.15, -0.1) is 0 Å². The fourth-order valence-electron chi connectivity index (χ4n) is 1.98. The summed E-state index contributed by atoms with van der Waals surface area (Å²) in [7, 11) is 0. The van der Waals surface area contributed by atoms with Crippen molar-refractivity contribution in [3.8, 4) is 11.3 Å². The Bertz CT molecular complexity index is 876. The lowest BCUT2D eigenvalue weighted by atomic mass is 10.1. The molecule has 1 aromatic carbocycles. The first-order chi connectivity index (χ1) is 9.95. The van der Waals surface area contributed by atoms with Crippen molar-refractivity contribution in [3.63, 3.8) is 0 Å². The summed E-state index contributed by atoms with van der Waals surface area (Å²) in [6, 6.07) is 6.08. The second-order valence-corrected chi connectivity index (χ2v) is 5.54. The number of nitrogens with zero attached hydrogens (tertiary/aromatic N) is 3. The minimum Gasteiger partial charge on any atom is -0.304 e. The van der Waals surface area contributed by atoms with E-state index in [0.717, 1.165) is 0 Å². The van der Waals surface area contributed by atoms with E-state index in [-0.39, 0.29) is 10.7 Å². The van der Waals surface area contributed by atoms with Crippen molar-refractivity contribution < 1.29 is 4.92 Å². The number of imidazole rings is 1. The molecule has 0 saturated heterocycles. The number of nitro groups is 1. The molecule has 0 aliphatic carbocycles. The Morgan fingerprint density at radius 1 is 1.10 bits per heavy atom. The molecule has 3 rings (SSSR count). The van der Waals surface area contributed by atoms with Gasteiger partial charge in [-0.3, -0.25) is 10.1 Å². The number of hydrogen-bond acceptors (Lipinski definition) is 3. The Hall–Kier alpha value is -1.82. The van der Waals surface area contributed by atoms with E-state index in [2.05, 4.69) is 4.98 Å². The van der Waals surface area contributed by atoms with Crippen LogP contribution < -0.4 is 0 Å². The van der Waals surface area contributed by atoms with Gasteiger partial charge in [-0.2, -0.15) is 0 Å². The molecule has 0 radical (unpaired) electrons. The molecule has 0 spiro atoms. The van der Waals surface area contributed by atoms with Crippen LogP contribution in [-0.2, 0) is 0 Å². The van der Waals surface area contributed by atoms with E-state index in [4.69, 9.17) is 34.8 Å². The van der Waals surface area contributed by atoms with Gasteiger partial charge < -0.3 is 4.40 Å². The highest BCUT2D eigenvalue weighted by Gasteiger charge is 2.15. The Balaban J connectivity index is 2.19. The maximum Gasteiger partial charge on any atom is 0.288 e. The van der Waals surface area contributed by atoms with Gasteiger partial charge in [0, 0.05) is 24.0 Å². The fraction of sp³-hybridized carbons (Fsp3) is 0. The van der Waals surface area contributed by atoms with Crippen LogP contribution in [0.5, 0.6) is 0 Å². The molecule has 0 saturated carbocycles. The molecule has 5 nitrogen and oxygen atoms in total. The van der Waals surface area contributed by atoms with Crippen LogP contribution in [0.3, 0.4) is 0 Å². The van der Waals surface area contributed by atoms with E-state index in [0.29, 0.717) is 26.9 Å². The molecule has 2 aromatic heterocycles. The standard InChI is InChI=1S/C13H6Cl3N3O2/c14-8-4-10(16)13-17-11(6-18(13)5-8)7-1-2-9(15)12(3-7)19(20)21/h1-6H. The van der Waals surface area contributed by atoms with Gasteiger partial charge in [-0.1, -0.05) is 40.9 Å². The molecule has 0 atom stereocenters. The molecular formula is C13H6Cl3N3O2. The predicted octanol–water partition coefficient (Wildman–Crippen LogP) is 4.87. The van der Waals surface area contributed by atoms with Gasteiger partial charge in [0.25, 0.3) is 5.69 Å². The summed E-state index contributed by atoms with van der Waals surface area (Å²) >= 11 is 17.8. The highest BCUT2D eigenvalue weighted by Crippen LogP contribution is 2.31. The summed E-state index contributed by atoms with van der Waals surface area (Å²) in [5.74, 6) is 0. The largest absolute Gasteiger partial charge is 0.304 e. The van der Waals surface area contributed by atoms with Gasteiger partial charge in [-0.25, -0.2) is 4.98 Å². The highest BCUT2D eigenvalue weighted by atomic mass is 35.5. The molecule has 3 aromatic rings. The number of rotatable bonds is 2. The summed E-state index contributed by atoms with van der Waals surface area (Å²) in [6.45, 7) is 0. The van der Waals surface area contributed by atoms with E-state index in [1.54, 1.807) is 28.9 Å². The molecule has 2 heterocycles. The predicted molar refractivity (Wildman–Crippen MR) is 82.3 cm³/mol. The zero-order chi connectivity index (χ0) is 15.1. The van der Waals surface area contributed by atoms with Gasteiger partial charge in [-0.05, 0) is 12.1 Å². The van der Waals surface area contributed by atoms with Gasteiger partial charge in [0.05, 0.1) is 20.7 Å². The number of nitro benzene ring substituents is 1. The fourth-order valence-corrected chi connectivity index (χ4v) is 2.69. The van der Waals surface area contributed by atoms with Crippen LogP contribution in [0.2, 0.25) is 15.1 Å². The van der Waals surface area contributed by atoms with Gasteiger partial charge in [0.2, 0.25) is 0 Å². The van der Waals surface area contributed by atoms with Crippen LogP contribution in [-0.4, -0.2) is 14.3 Å². The number of halogens is 3. The van der Waals surface area contributed by atoms with Crippen molar-refractivity contribution in [1.82, 2.24) is 9.38 Å². The second-order valence-electron chi connectivity index (χ2n) is 4.29. The number of pyridine rings is 1. The van der Waals surface area contributed by atoms with Crippen molar-refractivity contribution >= 4 is 46.1 Å². The topological polar surface area (TPSA) is 60.4 Å². The molecule has 0 bridgehead atoms. The summed E-state index contributed by atoms with van der Waals surface area (Å²) in [5.41, 5.74) is 1.46. The van der Waals surface area contributed by atoms with Crippen molar-refractivity contribution in [3.05, 3.63) is 61.8 Å². The average molecular weight is 343 g/mol. The maximum atomic E-state index is 10.9. The Kier molecular flexibility index (Phi) is 3.49. The monoisotopic (exact) mass is 341 g/mol. The lowest BCUT2D eigenvalue weighted by Gasteiger charge is -1.98. The van der Waals surface area contributed by atoms with Crippen LogP contribution in [0.25, 0.3) is 16.9 Å². The van der Waals surface area contributed by atoms with Crippen LogP contribution in [0, 0.1) is 10.1 Å². The first-order valence-corrected chi connectivity index (χ1v) is 6.87. The molecule has 0 N–H and O–H groups in total. The van der Waals surface area contributed by atoms with Gasteiger partial charge >= 0.3 is 0 Å². The summed E-state index contributed by atoms with van der Waals surface area (Å²) in [5, 5.41) is 11.9. The summed E-state index contributed by atoms with van der Waals surface area (Å²) in [6.07, 6.45) is 3.35. The minimum atomic E-state index is -0.536. The molecular weight excluding hydrogens is 337 g/mol. The van der Waals surface area contributed by atoms with E-state index >= 15 is 0 Å². The van der Waals surface area contributed by atoms with Crippen molar-refractivity contribution in [1.29, 1.82) is 0 Å². The smallest absolute Gasteiger partial charge is 0.288 e. The van der Waals surface area contributed by atoms with E-state index < -0.39 is 4.92 Å². The van der Waals surface area contributed by atoms with E-state index in [9.17, 15) is 10.1 Å². The molecule has 0 aliphatic rings. The van der Waals surface area contributed by atoms with Crippen LogP contribution in [0.15, 0.2) is 36.7 Å². The zero-order valence-electron chi connectivity index (χ0n) is 10.3. The minimum absolute atomic E-state index is 0.0774. The van der Waals surface area contributed by atoms with Crippen LogP contribution >= 0.6 is 34.8 Å². The molecule has 21 heavy (non-hydrogen) atoms. The molecule has 106 valence electrons. The van der Waals surface area contributed by atoms with E-state index in [1.165, 1.54) is 12.1 Å². The second kappa shape index (κ2) is 5.18. The molecule has 0 aliphatic heterocycles. The number of aromatic nitrogens is 2. The SMILES string of the molecule is O=[N+]([O-])c1cc(-c2cn3cc(Cl)cc(Cl)c3n2)ccc1Cl. The van der Waals surface area contributed by atoms with Crippen LogP contribution in [0.4, 0.5) is 5.69 Å². The van der Waals surface area contributed by atoms with Crippen molar-refractivity contribution in [2.75, 3.05) is 0 Å². The van der Waals surface area contributed by atoms with Gasteiger partial charge in [0.15, 0.2) is 5.65 Å². The average Bonchev–Trinajstić information content (AvgIpc) is 2.83. The van der Waals surface area contributed by atoms with E-state index in [1.807, 2.05) is 0 Å². The molecule has 0 unspecified atom stereocenters. The Labute approximate surface area is 133 Å². The van der Waals surface area contributed by atoms with Crippen LogP contribution in [0.1, 0.15) is 0 Å². The molecule has 0 fully saturated rings. The highest BCUT2D eigenvalue weighted by molar-refractivity contribution is 6.36. The number of benzene rings is 1. The van der Waals surface area contributed by atoms with Crippen molar-refractivity contribution in [2.45, 2.75) is 0 Å². The lowest BCUT2D eigenvalue weighted by molar-refractivity contribution is -0.384. The molecule has 8 heteroatoms. The first-order valence-electron chi connectivity index (χ1n) is 5.74. The third-order valence-corrected chi connectivity index (χ3v) is 3.72.